The molecule has 1 N–H and O–H groups in total. The largest absolute Gasteiger partial charge is 0.313 e. The molecule has 1 aromatic rings. The van der Waals surface area contributed by atoms with Crippen molar-refractivity contribution in [2.75, 3.05) is 18.6 Å². The van der Waals surface area contributed by atoms with Crippen molar-refractivity contribution in [2.45, 2.75) is 46.2 Å². The maximum atomic E-state index is 4.36. The van der Waals surface area contributed by atoms with Crippen molar-refractivity contribution in [1.82, 2.24) is 15.1 Å². The monoisotopic (exact) mass is 269 g/mol. The first-order chi connectivity index (χ1) is 8.71. The van der Waals surface area contributed by atoms with Crippen LogP contribution in [0, 0.1) is 5.92 Å². The van der Waals surface area contributed by atoms with Crippen LogP contribution in [0.25, 0.3) is 0 Å². The molecule has 2 atom stereocenters. The predicted octanol–water partition coefficient (Wildman–Crippen LogP) is 2.81. The third kappa shape index (κ3) is 5.02. The van der Waals surface area contributed by atoms with E-state index in [-0.39, 0.29) is 0 Å². The van der Waals surface area contributed by atoms with Gasteiger partial charge in [-0.2, -0.15) is 16.9 Å². The number of aryl methyl sites for hydroxylation is 1. The first-order valence-electron chi connectivity index (χ1n) is 6.94. The number of hydrogen-bond donors (Lipinski definition) is 1. The molecular weight excluding hydrogens is 242 g/mol. The molecule has 3 nitrogen and oxygen atoms in total. The average molecular weight is 269 g/mol. The van der Waals surface area contributed by atoms with Gasteiger partial charge in [-0.25, -0.2) is 0 Å². The van der Waals surface area contributed by atoms with Crippen LogP contribution in [0.15, 0.2) is 12.4 Å². The number of hydrogen-bond acceptors (Lipinski definition) is 3. The van der Waals surface area contributed by atoms with Crippen LogP contribution in [-0.2, 0) is 13.0 Å². The maximum Gasteiger partial charge on any atom is 0.0522 e. The number of aromatic nitrogens is 2. The third-order valence-corrected chi connectivity index (χ3v) is 4.10. The summed E-state index contributed by atoms with van der Waals surface area (Å²) in [6.07, 6.45) is 8.64. The fourth-order valence-corrected chi connectivity index (χ4v) is 2.88. The molecule has 1 rings (SSSR count). The van der Waals surface area contributed by atoms with Gasteiger partial charge in [0, 0.05) is 18.8 Å². The predicted molar refractivity (Wildman–Crippen MR) is 81.2 cm³/mol. The number of nitrogens with zero attached hydrogens (tertiary/aromatic N) is 2. The van der Waals surface area contributed by atoms with Gasteiger partial charge in [0.15, 0.2) is 0 Å². The minimum absolute atomic E-state index is 0.562. The lowest BCUT2D eigenvalue weighted by Crippen LogP contribution is -2.38. The van der Waals surface area contributed by atoms with E-state index >= 15 is 0 Å². The van der Waals surface area contributed by atoms with E-state index in [9.17, 15) is 0 Å². The minimum Gasteiger partial charge on any atom is -0.313 e. The molecule has 2 unspecified atom stereocenters. The van der Waals surface area contributed by atoms with Crippen molar-refractivity contribution in [3.05, 3.63) is 18.0 Å². The Balaban J connectivity index is 2.58. The summed E-state index contributed by atoms with van der Waals surface area (Å²) in [5.41, 5.74) is 1.35. The molecule has 0 fully saturated rings. The normalized spacial score (nSPS) is 14.7. The molecule has 0 saturated carbocycles. The second-order valence-electron chi connectivity index (χ2n) is 4.90. The van der Waals surface area contributed by atoms with Crippen LogP contribution in [0.4, 0.5) is 0 Å². The first-order valence-corrected chi connectivity index (χ1v) is 8.34. The fourth-order valence-electron chi connectivity index (χ4n) is 2.12. The Morgan fingerprint density at radius 3 is 2.78 bits per heavy atom. The van der Waals surface area contributed by atoms with E-state index < -0.39 is 0 Å². The number of nitrogens with one attached hydrogen (secondary N) is 1. The van der Waals surface area contributed by atoms with Gasteiger partial charge in [0.05, 0.1) is 6.20 Å². The van der Waals surface area contributed by atoms with Crippen molar-refractivity contribution in [2.24, 2.45) is 5.92 Å². The molecule has 0 bridgehead atoms. The molecular formula is C14H27N3S. The molecule has 0 radical (unpaired) electrons. The van der Waals surface area contributed by atoms with E-state index in [1.165, 1.54) is 17.7 Å². The second kappa shape index (κ2) is 8.59. The van der Waals surface area contributed by atoms with Crippen LogP contribution < -0.4 is 5.32 Å². The lowest BCUT2D eigenvalue weighted by molar-refractivity contribution is 0.402. The van der Waals surface area contributed by atoms with Gasteiger partial charge in [0.2, 0.25) is 0 Å². The van der Waals surface area contributed by atoms with E-state index in [1.807, 2.05) is 22.6 Å². The van der Waals surface area contributed by atoms with Gasteiger partial charge in [-0.1, -0.05) is 13.8 Å². The van der Waals surface area contributed by atoms with Gasteiger partial charge in [-0.05, 0) is 49.8 Å². The first kappa shape index (κ1) is 15.6. The summed E-state index contributed by atoms with van der Waals surface area (Å²) in [6, 6.07) is 0.562. The molecule has 1 heterocycles. The van der Waals surface area contributed by atoms with E-state index in [4.69, 9.17) is 0 Å². The molecule has 0 aliphatic rings. The molecule has 0 amide bonds. The van der Waals surface area contributed by atoms with E-state index in [1.54, 1.807) is 0 Å². The lowest BCUT2D eigenvalue weighted by Gasteiger charge is -2.24. The Bertz CT molecular complexity index is 325. The van der Waals surface area contributed by atoms with Gasteiger partial charge in [-0.3, -0.25) is 4.68 Å². The van der Waals surface area contributed by atoms with E-state index in [2.05, 4.69) is 43.6 Å². The van der Waals surface area contributed by atoms with Gasteiger partial charge >= 0.3 is 0 Å². The van der Waals surface area contributed by atoms with Crippen LogP contribution in [0.2, 0.25) is 0 Å². The lowest BCUT2D eigenvalue weighted by atomic mass is 9.97. The molecule has 1 aromatic heterocycles. The van der Waals surface area contributed by atoms with Crippen LogP contribution in [-0.4, -0.2) is 34.4 Å². The van der Waals surface area contributed by atoms with Gasteiger partial charge in [0.1, 0.15) is 0 Å². The summed E-state index contributed by atoms with van der Waals surface area (Å²) < 4.78 is 2.01. The topological polar surface area (TPSA) is 29.9 Å². The molecule has 0 saturated heterocycles. The van der Waals surface area contributed by atoms with Crippen LogP contribution in [0.5, 0.6) is 0 Å². The molecule has 104 valence electrons. The SMILES string of the molecule is CCCNC(Cc1cnn(CC)c1)C(C)CSC. The zero-order valence-electron chi connectivity index (χ0n) is 12.1. The van der Waals surface area contributed by atoms with Gasteiger partial charge < -0.3 is 5.32 Å². The zero-order chi connectivity index (χ0) is 13.4. The maximum absolute atomic E-state index is 4.36. The standard InChI is InChI=1S/C14H27N3S/c1-5-7-15-14(12(3)11-18-4)8-13-9-16-17(6-2)10-13/h9-10,12,14-15H,5-8,11H2,1-4H3. The Hall–Kier alpha value is -0.480. The quantitative estimate of drug-likeness (QED) is 0.747. The van der Waals surface area contributed by atoms with Crippen molar-refractivity contribution >= 4 is 11.8 Å². The average Bonchev–Trinajstić information content (AvgIpc) is 2.82. The Kier molecular flexibility index (Phi) is 7.44. The Labute approximate surface area is 116 Å². The van der Waals surface area contributed by atoms with Crippen molar-refractivity contribution in [3.8, 4) is 0 Å². The van der Waals surface area contributed by atoms with Crippen molar-refractivity contribution < 1.29 is 0 Å². The summed E-state index contributed by atoms with van der Waals surface area (Å²) in [6.45, 7) is 8.74. The van der Waals surface area contributed by atoms with Gasteiger partial charge in [0.25, 0.3) is 0 Å². The summed E-state index contributed by atoms with van der Waals surface area (Å²) in [4.78, 5) is 0. The van der Waals surface area contributed by atoms with E-state index in [0.717, 1.165) is 19.5 Å². The molecule has 0 aromatic carbocycles. The number of thioether (sulfide) groups is 1. The molecule has 4 heteroatoms. The van der Waals surface area contributed by atoms with Crippen LogP contribution in [0.1, 0.15) is 32.8 Å². The molecule has 18 heavy (non-hydrogen) atoms. The fraction of sp³-hybridized carbons (Fsp3) is 0.786. The second-order valence-corrected chi connectivity index (χ2v) is 5.81. The highest BCUT2D eigenvalue weighted by Crippen LogP contribution is 2.14. The summed E-state index contributed by atoms with van der Waals surface area (Å²) >= 11 is 1.93. The van der Waals surface area contributed by atoms with Crippen LogP contribution in [0.3, 0.4) is 0 Å². The molecule has 0 spiro atoms. The third-order valence-electron chi connectivity index (χ3n) is 3.24. The van der Waals surface area contributed by atoms with Crippen LogP contribution >= 0.6 is 11.8 Å². The summed E-state index contributed by atoms with van der Waals surface area (Å²) in [5.74, 6) is 1.90. The van der Waals surface area contributed by atoms with Crippen molar-refractivity contribution in [1.29, 1.82) is 0 Å². The highest BCUT2D eigenvalue weighted by molar-refractivity contribution is 7.98. The van der Waals surface area contributed by atoms with E-state index in [0.29, 0.717) is 12.0 Å². The smallest absolute Gasteiger partial charge is 0.0522 e. The summed E-state index contributed by atoms with van der Waals surface area (Å²) in [7, 11) is 0. The number of rotatable bonds is 9. The highest BCUT2D eigenvalue weighted by Gasteiger charge is 2.17. The summed E-state index contributed by atoms with van der Waals surface area (Å²) in [5, 5.41) is 8.04. The molecule has 0 aliphatic carbocycles. The minimum atomic E-state index is 0.562. The van der Waals surface area contributed by atoms with Crippen molar-refractivity contribution in [3.63, 3.8) is 0 Å². The van der Waals surface area contributed by atoms with Gasteiger partial charge in [-0.15, -0.1) is 0 Å². The zero-order valence-corrected chi connectivity index (χ0v) is 13.0. The Morgan fingerprint density at radius 2 is 2.22 bits per heavy atom. The Morgan fingerprint density at radius 1 is 1.44 bits per heavy atom. The molecule has 0 aliphatic heterocycles. The highest BCUT2D eigenvalue weighted by atomic mass is 32.2.